The summed E-state index contributed by atoms with van der Waals surface area (Å²) < 4.78 is 24.5. The number of alkyl halides is 2. The van der Waals surface area contributed by atoms with E-state index < -0.39 is 12.5 Å². The van der Waals surface area contributed by atoms with Crippen LogP contribution in [0.5, 0.6) is 0 Å². The summed E-state index contributed by atoms with van der Waals surface area (Å²) in [5.74, 6) is 0.366. The van der Waals surface area contributed by atoms with Crippen molar-refractivity contribution in [2.75, 3.05) is 11.9 Å². The van der Waals surface area contributed by atoms with Gasteiger partial charge in [-0.3, -0.25) is 0 Å². The highest BCUT2D eigenvalue weighted by atomic mass is 35.5. The zero-order valence-corrected chi connectivity index (χ0v) is 11.6. The zero-order valence-electron chi connectivity index (χ0n) is 10.0. The van der Waals surface area contributed by atoms with E-state index in [0.29, 0.717) is 10.6 Å². The number of nitrogens with zero attached hydrogens (tertiary/aromatic N) is 2. The van der Waals surface area contributed by atoms with Gasteiger partial charge in [-0.25, -0.2) is 18.7 Å². The summed E-state index contributed by atoms with van der Waals surface area (Å²) in [7, 11) is 0. The maximum absolute atomic E-state index is 12.2. The van der Waals surface area contributed by atoms with Crippen LogP contribution < -0.4 is 5.32 Å². The molecule has 0 bridgehead atoms. The third-order valence-corrected chi connectivity index (χ3v) is 3.88. The van der Waals surface area contributed by atoms with Crippen molar-refractivity contribution in [2.45, 2.75) is 25.9 Å². The molecule has 0 spiro atoms. The van der Waals surface area contributed by atoms with E-state index in [2.05, 4.69) is 15.3 Å². The number of anilines is 1. The van der Waals surface area contributed by atoms with Crippen molar-refractivity contribution >= 4 is 39.0 Å². The summed E-state index contributed by atoms with van der Waals surface area (Å²) in [6.07, 6.45) is -3.69. The van der Waals surface area contributed by atoms with Gasteiger partial charge in [-0.15, -0.1) is 11.3 Å². The van der Waals surface area contributed by atoms with Crippen molar-refractivity contribution in [3.63, 3.8) is 0 Å². The molecule has 0 aliphatic rings. The van der Waals surface area contributed by atoms with Crippen molar-refractivity contribution in [3.05, 3.63) is 16.2 Å². The van der Waals surface area contributed by atoms with E-state index in [1.807, 2.05) is 13.0 Å². The first-order valence-electron chi connectivity index (χ1n) is 5.67. The molecule has 0 saturated heterocycles. The van der Waals surface area contributed by atoms with E-state index >= 15 is 0 Å². The van der Waals surface area contributed by atoms with E-state index in [1.165, 1.54) is 11.3 Å². The second-order valence-electron chi connectivity index (χ2n) is 3.91. The fourth-order valence-corrected chi connectivity index (χ4v) is 2.73. The Bertz CT molecular complexity index is 578. The summed E-state index contributed by atoms with van der Waals surface area (Å²) >= 11 is 7.27. The second kappa shape index (κ2) is 5.94. The number of aromatic nitrogens is 2. The second-order valence-corrected chi connectivity index (χ2v) is 5.36. The van der Waals surface area contributed by atoms with Gasteiger partial charge in [0.15, 0.2) is 0 Å². The number of nitrogens with one attached hydrogen (secondary N) is 1. The van der Waals surface area contributed by atoms with Gasteiger partial charge in [0.1, 0.15) is 16.8 Å². The van der Waals surface area contributed by atoms with Gasteiger partial charge in [0.2, 0.25) is 5.28 Å². The van der Waals surface area contributed by atoms with Crippen LogP contribution in [-0.2, 0) is 6.42 Å². The predicted octanol–water partition coefficient (Wildman–Crippen LogP) is 2.95. The molecule has 0 aromatic carbocycles. The topological polar surface area (TPSA) is 58.0 Å². The average molecular weight is 308 g/mol. The van der Waals surface area contributed by atoms with Gasteiger partial charge in [0, 0.05) is 11.4 Å². The Kier molecular flexibility index (Phi) is 4.49. The van der Waals surface area contributed by atoms with Crippen LogP contribution in [0.25, 0.3) is 10.2 Å². The number of rotatable bonds is 5. The van der Waals surface area contributed by atoms with Gasteiger partial charge >= 0.3 is 0 Å². The van der Waals surface area contributed by atoms with E-state index in [-0.39, 0.29) is 11.8 Å². The van der Waals surface area contributed by atoms with Crippen LogP contribution in [-0.4, -0.2) is 34.1 Å². The number of thiophene rings is 1. The highest BCUT2D eigenvalue weighted by Gasteiger charge is 2.18. The Balaban J connectivity index is 2.28. The molecule has 0 radical (unpaired) electrons. The highest BCUT2D eigenvalue weighted by molar-refractivity contribution is 7.18. The van der Waals surface area contributed by atoms with Gasteiger partial charge in [-0.1, -0.05) is 6.92 Å². The first kappa shape index (κ1) is 14.4. The number of aryl methyl sites for hydroxylation is 1. The van der Waals surface area contributed by atoms with E-state index in [9.17, 15) is 8.78 Å². The Labute approximate surface area is 117 Å². The summed E-state index contributed by atoms with van der Waals surface area (Å²) in [5, 5.41) is 12.6. The molecule has 1 atom stereocenters. The molecular weight excluding hydrogens is 296 g/mol. The lowest BCUT2D eigenvalue weighted by atomic mass is 10.3. The fourth-order valence-electron chi connectivity index (χ4n) is 1.54. The lowest BCUT2D eigenvalue weighted by Crippen LogP contribution is -2.27. The van der Waals surface area contributed by atoms with Crippen LogP contribution in [0.2, 0.25) is 5.28 Å². The van der Waals surface area contributed by atoms with E-state index in [0.717, 1.165) is 16.7 Å². The monoisotopic (exact) mass is 307 g/mol. The molecular formula is C11H12ClF2N3OS. The van der Waals surface area contributed by atoms with Crippen molar-refractivity contribution in [2.24, 2.45) is 0 Å². The van der Waals surface area contributed by atoms with E-state index in [4.69, 9.17) is 16.7 Å². The number of aliphatic hydroxyl groups is 1. The van der Waals surface area contributed by atoms with Crippen molar-refractivity contribution in [3.8, 4) is 0 Å². The molecule has 0 saturated carbocycles. The summed E-state index contributed by atoms with van der Waals surface area (Å²) in [5.41, 5.74) is 0. The minimum absolute atomic E-state index is 0.0473. The first-order chi connectivity index (χ1) is 9.01. The van der Waals surface area contributed by atoms with Gasteiger partial charge in [0.25, 0.3) is 6.43 Å². The lowest BCUT2D eigenvalue weighted by Gasteiger charge is -2.11. The quantitative estimate of drug-likeness (QED) is 0.834. The molecule has 19 heavy (non-hydrogen) atoms. The molecule has 4 nitrogen and oxygen atoms in total. The van der Waals surface area contributed by atoms with Crippen molar-refractivity contribution < 1.29 is 13.9 Å². The Hall–Kier alpha value is -1.05. The van der Waals surface area contributed by atoms with Gasteiger partial charge in [-0.2, -0.15) is 0 Å². The third kappa shape index (κ3) is 3.29. The fraction of sp³-hybridized carbons (Fsp3) is 0.455. The van der Waals surface area contributed by atoms with E-state index in [1.54, 1.807) is 0 Å². The molecule has 0 aliphatic heterocycles. The van der Waals surface area contributed by atoms with Gasteiger partial charge in [-0.05, 0) is 24.1 Å². The minimum Gasteiger partial charge on any atom is -0.385 e. The van der Waals surface area contributed by atoms with Crippen LogP contribution in [0.1, 0.15) is 11.8 Å². The predicted molar refractivity (Wildman–Crippen MR) is 72.3 cm³/mol. The van der Waals surface area contributed by atoms with Crippen LogP contribution in [0.3, 0.4) is 0 Å². The number of hydrogen-bond donors (Lipinski definition) is 2. The molecule has 2 N–H and O–H groups in total. The van der Waals surface area contributed by atoms with Gasteiger partial charge in [0.05, 0.1) is 5.39 Å². The molecule has 104 valence electrons. The standard InChI is InChI=1S/C11H12ClF2N3OS/c1-2-5-3-6-9(15-4-7(18)8(13)14)16-11(12)17-10(6)19-5/h3,7-8,18H,2,4H2,1H3,(H,15,16,17). The van der Waals surface area contributed by atoms with Crippen LogP contribution in [0, 0.1) is 0 Å². The van der Waals surface area contributed by atoms with Crippen LogP contribution >= 0.6 is 22.9 Å². The molecule has 2 rings (SSSR count). The maximum Gasteiger partial charge on any atom is 0.265 e. The minimum atomic E-state index is -2.80. The molecule has 0 fully saturated rings. The summed E-state index contributed by atoms with van der Waals surface area (Å²) in [6.45, 7) is 1.71. The Morgan fingerprint density at radius 2 is 2.21 bits per heavy atom. The normalized spacial score (nSPS) is 13.2. The van der Waals surface area contributed by atoms with Crippen LogP contribution in [0.4, 0.5) is 14.6 Å². The van der Waals surface area contributed by atoms with Crippen molar-refractivity contribution in [1.82, 2.24) is 9.97 Å². The zero-order chi connectivity index (χ0) is 14.0. The Morgan fingerprint density at radius 3 is 2.84 bits per heavy atom. The van der Waals surface area contributed by atoms with Crippen molar-refractivity contribution in [1.29, 1.82) is 0 Å². The highest BCUT2D eigenvalue weighted by Crippen LogP contribution is 2.30. The molecule has 2 aromatic rings. The number of fused-ring (bicyclic) bond motifs is 1. The van der Waals surface area contributed by atoms with Crippen LogP contribution in [0.15, 0.2) is 6.07 Å². The number of hydrogen-bond acceptors (Lipinski definition) is 5. The first-order valence-corrected chi connectivity index (χ1v) is 6.86. The molecule has 1 unspecified atom stereocenters. The number of halogens is 3. The molecule has 0 aliphatic carbocycles. The molecule has 2 aromatic heterocycles. The summed E-state index contributed by atoms with van der Waals surface area (Å²) in [4.78, 5) is 9.86. The number of aliphatic hydroxyl groups excluding tert-OH is 1. The molecule has 2 heterocycles. The lowest BCUT2D eigenvalue weighted by molar-refractivity contribution is 0.00382. The average Bonchev–Trinajstić information content (AvgIpc) is 2.78. The Morgan fingerprint density at radius 1 is 1.47 bits per heavy atom. The molecule has 8 heteroatoms. The largest absolute Gasteiger partial charge is 0.385 e. The maximum atomic E-state index is 12.2. The molecule has 0 amide bonds. The third-order valence-electron chi connectivity index (χ3n) is 2.53. The SMILES string of the molecule is CCc1cc2c(NCC(O)C(F)F)nc(Cl)nc2s1. The summed E-state index contributed by atoms with van der Waals surface area (Å²) in [6, 6.07) is 1.90. The smallest absolute Gasteiger partial charge is 0.265 e. The van der Waals surface area contributed by atoms with Gasteiger partial charge < -0.3 is 10.4 Å².